The standard InChI is InChI=1S/C24H22FN5O3/c1-13-18(12-29-23-22(13)27-5-6-32-23)17-7-15-9-21(28-11-16(15)8-19(17)25)30-24(31)33-20-4-2-3-14(20)10-26/h7-9,11-12,14,20,27H,2-6H2,1H3,(H,28,30,31)/t14-,20+/m1/s1. The number of carbonyl (C=O) groups excluding carboxylic acids is 1. The van der Waals surface area contributed by atoms with Crippen LogP contribution in [0.4, 0.5) is 20.7 Å². The van der Waals surface area contributed by atoms with Crippen molar-refractivity contribution in [2.24, 2.45) is 5.92 Å². The molecule has 168 valence electrons. The van der Waals surface area contributed by atoms with E-state index in [1.807, 2.05) is 6.92 Å². The number of hydrogen-bond donors (Lipinski definition) is 2. The van der Waals surface area contributed by atoms with Gasteiger partial charge in [0.25, 0.3) is 0 Å². The molecule has 2 aliphatic rings. The van der Waals surface area contributed by atoms with Crippen molar-refractivity contribution in [1.82, 2.24) is 9.97 Å². The Labute approximate surface area is 189 Å². The average molecular weight is 447 g/mol. The van der Waals surface area contributed by atoms with Crippen molar-refractivity contribution in [2.45, 2.75) is 32.3 Å². The number of nitrogens with zero attached hydrogens (tertiary/aromatic N) is 3. The van der Waals surface area contributed by atoms with Crippen LogP contribution in [0.2, 0.25) is 0 Å². The van der Waals surface area contributed by atoms with Crippen LogP contribution in [0.1, 0.15) is 24.8 Å². The second kappa shape index (κ2) is 8.54. The number of nitriles is 1. The summed E-state index contributed by atoms with van der Waals surface area (Å²) >= 11 is 0. The second-order valence-electron chi connectivity index (χ2n) is 8.24. The maximum atomic E-state index is 15.0. The van der Waals surface area contributed by atoms with Crippen molar-refractivity contribution in [2.75, 3.05) is 23.8 Å². The summed E-state index contributed by atoms with van der Waals surface area (Å²) in [5.41, 5.74) is 2.66. The predicted octanol–water partition coefficient (Wildman–Crippen LogP) is 4.79. The lowest BCUT2D eigenvalue weighted by Crippen LogP contribution is -2.25. The molecular weight excluding hydrogens is 425 g/mol. The number of anilines is 2. The van der Waals surface area contributed by atoms with Crippen molar-refractivity contribution >= 4 is 28.4 Å². The number of rotatable bonds is 3. The minimum Gasteiger partial charge on any atom is -0.474 e. The first kappa shape index (κ1) is 20.9. The van der Waals surface area contributed by atoms with E-state index in [9.17, 15) is 4.79 Å². The molecule has 8 nitrogen and oxygen atoms in total. The summed E-state index contributed by atoms with van der Waals surface area (Å²) in [4.78, 5) is 20.9. The summed E-state index contributed by atoms with van der Waals surface area (Å²) in [5, 5.41) is 16.3. The van der Waals surface area contributed by atoms with Crippen molar-refractivity contribution in [3.63, 3.8) is 0 Å². The fourth-order valence-electron chi connectivity index (χ4n) is 4.42. The summed E-state index contributed by atoms with van der Waals surface area (Å²) < 4.78 is 26.0. The van der Waals surface area contributed by atoms with Crippen LogP contribution < -0.4 is 15.4 Å². The van der Waals surface area contributed by atoms with E-state index >= 15 is 4.39 Å². The molecule has 5 rings (SSSR count). The highest BCUT2D eigenvalue weighted by atomic mass is 19.1. The predicted molar refractivity (Wildman–Crippen MR) is 120 cm³/mol. The van der Waals surface area contributed by atoms with Crippen LogP contribution in [-0.2, 0) is 4.74 Å². The molecule has 1 amide bonds. The number of ether oxygens (including phenoxy) is 2. The van der Waals surface area contributed by atoms with Crippen LogP contribution in [-0.4, -0.2) is 35.3 Å². The third-order valence-corrected chi connectivity index (χ3v) is 6.15. The number of nitrogens with one attached hydrogen (secondary N) is 2. The Morgan fingerprint density at radius 1 is 1.24 bits per heavy atom. The molecule has 1 aromatic carbocycles. The molecular formula is C24H22FN5O3. The lowest BCUT2D eigenvalue weighted by molar-refractivity contribution is 0.0999. The van der Waals surface area contributed by atoms with Crippen LogP contribution in [0.3, 0.4) is 0 Å². The van der Waals surface area contributed by atoms with Crippen LogP contribution in [0.15, 0.2) is 30.6 Å². The molecule has 2 N–H and O–H groups in total. The van der Waals surface area contributed by atoms with Crippen molar-refractivity contribution in [3.8, 4) is 23.1 Å². The van der Waals surface area contributed by atoms with E-state index in [1.165, 1.54) is 12.3 Å². The van der Waals surface area contributed by atoms with Crippen molar-refractivity contribution in [3.05, 3.63) is 42.0 Å². The van der Waals surface area contributed by atoms with Gasteiger partial charge in [0.2, 0.25) is 5.88 Å². The first-order valence-electron chi connectivity index (χ1n) is 10.9. The van der Waals surface area contributed by atoms with Gasteiger partial charge in [-0.05, 0) is 55.3 Å². The summed E-state index contributed by atoms with van der Waals surface area (Å²) in [6, 6.07) is 6.98. The molecule has 0 saturated heterocycles. The zero-order valence-electron chi connectivity index (χ0n) is 18.0. The molecule has 1 saturated carbocycles. The van der Waals surface area contributed by atoms with Gasteiger partial charge in [-0.15, -0.1) is 0 Å². The topological polar surface area (TPSA) is 109 Å². The van der Waals surface area contributed by atoms with Gasteiger partial charge >= 0.3 is 6.09 Å². The number of fused-ring (bicyclic) bond motifs is 2. The fraction of sp³-hybridized carbons (Fsp3) is 0.333. The quantitative estimate of drug-likeness (QED) is 0.594. The van der Waals surface area contributed by atoms with Crippen LogP contribution in [0.5, 0.6) is 5.88 Å². The zero-order valence-corrected chi connectivity index (χ0v) is 18.0. The van der Waals surface area contributed by atoms with E-state index in [4.69, 9.17) is 14.7 Å². The number of carbonyl (C=O) groups is 1. The average Bonchev–Trinajstić information content (AvgIpc) is 3.26. The molecule has 33 heavy (non-hydrogen) atoms. The van der Waals surface area contributed by atoms with Crippen molar-refractivity contribution in [1.29, 1.82) is 5.26 Å². The molecule has 3 aromatic rings. The Bertz CT molecular complexity index is 1290. The molecule has 0 bridgehead atoms. The van der Waals surface area contributed by atoms with Crippen LogP contribution >= 0.6 is 0 Å². The SMILES string of the molecule is Cc1c(-c2cc3cc(NC(=O)O[C@H]4CCC[C@@H]4C#N)ncc3cc2F)cnc2c1NCCO2. The Morgan fingerprint density at radius 3 is 2.97 bits per heavy atom. The molecule has 1 aliphatic carbocycles. The van der Waals surface area contributed by atoms with E-state index in [0.717, 1.165) is 24.1 Å². The normalized spacial score (nSPS) is 19.2. The molecule has 2 atom stereocenters. The number of halogens is 1. The van der Waals surface area contributed by atoms with Gasteiger partial charge < -0.3 is 14.8 Å². The third kappa shape index (κ3) is 4.00. The Kier molecular flexibility index (Phi) is 5.42. The summed E-state index contributed by atoms with van der Waals surface area (Å²) in [7, 11) is 0. The van der Waals surface area contributed by atoms with E-state index in [0.29, 0.717) is 47.4 Å². The van der Waals surface area contributed by atoms with Gasteiger partial charge in [0.1, 0.15) is 30.0 Å². The minimum atomic E-state index is -0.655. The van der Waals surface area contributed by atoms with Gasteiger partial charge in [-0.25, -0.2) is 19.2 Å². The van der Waals surface area contributed by atoms with Crippen molar-refractivity contribution < 1.29 is 18.7 Å². The number of hydrogen-bond acceptors (Lipinski definition) is 7. The molecule has 1 aliphatic heterocycles. The molecule has 3 heterocycles. The minimum absolute atomic E-state index is 0.279. The maximum Gasteiger partial charge on any atom is 0.413 e. The largest absolute Gasteiger partial charge is 0.474 e. The number of amides is 1. The second-order valence-corrected chi connectivity index (χ2v) is 8.24. The molecule has 9 heteroatoms. The third-order valence-electron chi connectivity index (χ3n) is 6.15. The Hall–Kier alpha value is -3.93. The smallest absolute Gasteiger partial charge is 0.413 e. The Balaban J connectivity index is 1.43. The monoisotopic (exact) mass is 447 g/mol. The van der Waals surface area contributed by atoms with Gasteiger partial charge in [0.15, 0.2) is 0 Å². The first-order valence-corrected chi connectivity index (χ1v) is 10.9. The van der Waals surface area contributed by atoms with Gasteiger partial charge in [0.05, 0.1) is 12.0 Å². The van der Waals surface area contributed by atoms with Gasteiger partial charge in [-0.2, -0.15) is 5.26 Å². The number of aromatic nitrogens is 2. The van der Waals surface area contributed by atoms with E-state index in [1.54, 1.807) is 18.3 Å². The maximum absolute atomic E-state index is 15.0. The fourth-order valence-corrected chi connectivity index (χ4v) is 4.42. The zero-order chi connectivity index (χ0) is 22.9. The number of benzene rings is 1. The summed E-state index contributed by atoms with van der Waals surface area (Å²) in [6.07, 6.45) is 4.31. The summed E-state index contributed by atoms with van der Waals surface area (Å²) in [6.45, 7) is 3.09. The summed E-state index contributed by atoms with van der Waals surface area (Å²) in [5.74, 6) is 0.125. The van der Waals surface area contributed by atoms with E-state index < -0.39 is 18.0 Å². The molecule has 2 aromatic heterocycles. The van der Waals surface area contributed by atoms with Gasteiger partial charge in [-0.3, -0.25) is 5.32 Å². The lowest BCUT2D eigenvalue weighted by atomic mass is 9.98. The van der Waals surface area contributed by atoms with E-state index in [2.05, 4.69) is 26.7 Å². The van der Waals surface area contributed by atoms with Crippen LogP contribution in [0, 0.1) is 30.0 Å². The van der Waals surface area contributed by atoms with E-state index in [-0.39, 0.29) is 11.7 Å². The lowest BCUT2D eigenvalue weighted by Gasteiger charge is -2.21. The van der Waals surface area contributed by atoms with Crippen LogP contribution in [0.25, 0.3) is 21.9 Å². The Morgan fingerprint density at radius 2 is 2.12 bits per heavy atom. The molecule has 0 radical (unpaired) electrons. The van der Waals surface area contributed by atoms with Gasteiger partial charge in [-0.1, -0.05) is 0 Å². The molecule has 0 unspecified atom stereocenters. The first-order chi connectivity index (χ1) is 16.0. The molecule has 0 spiro atoms. The number of pyridine rings is 2. The highest BCUT2D eigenvalue weighted by Gasteiger charge is 2.30. The highest BCUT2D eigenvalue weighted by molar-refractivity contribution is 5.92. The molecule has 1 fully saturated rings. The highest BCUT2D eigenvalue weighted by Crippen LogP contribution is 2.37. The van der Waals surface area contributed by atoms with Gasteiger partial charge in [0, 0.05) is 35.5 Å².